The number of esters is 1. The predicted octanol–water partition coefficient (Wildman–Crippen LogP) is 6.28. The standard InChI is InChI=1S/C36H36Cl2FN3O7S/c1-47-30-8-7-21(13-31(30)48-2)24(15-25-27(37)17-42(46)18-28(25)38)34-26(35(43)44)14-22(50-34)16-40-33(23-5-3-4-6-29(23)39)36(45)49-32-19-41-11-9-20(32)10-12-41/h3-8,13-14,17-18,20,24,32-33,40H,9-12,15-16,19H2,1-2H3,(H-,43,44,46)/p+1/t24-,32-,33?/m0/s1. The fourth-order valence-corrected chi connectivity index (χ4v) is 8.67. The Labute approximate surface area is 302 Å². The minimum absolute atomic E-state index is 0.0456. The summed E-state index contributed by atoms with van der Waals surface area (Å²) in [5, 5.41) is 23.9. The second kappa shape index (κ2) is 15.5. The number of carboxylic acid groups (broad SMARTS) is 1. The van der Waals surface area contributed by atoms with Gasteiger partial charge in [-0.25, -0.2) is 14.0 Å². The number of carbonyl (C=O) groups is 2. The van der Waals surface area contributed by atoms with Crippen molar-refractivity contribution in [3.05, 3.63) is 109 Å². The number of hydrogen-bond donors (Lipinski definition) is 3. The van der Waals surface area contributed by atoms with E-state index in [1.165, 1.54) is 44.0 Å². The van der Waals surface area contributed by atoms with Gasteiger partial charge in [0.1, 0.15) is 28.0 Å². The summed E-state index contributed by atoms with van der Waals surface area (Å²) >= 11 is 14.3. The molecule has 0 radical (unpaired) electrons. The highest BCUT2D eigenvalue weighted by molar-refractivity contribution is 7.12. The topological polar surface area (TPSA) is 121 Å². The van der Waals surface area contributed by atoms with E-state index in [2.05, 4.69) is 10.2 Å². The SMILES string of the molecule is COc1ccc([C@H](Cc2c(Cl)c[n+](O)cc2Cl)c2sc(CNC(C(=O)O[C@H]3CN4CCC3CC4)c3ccccc3F)cc2C(=O)O)cc1OC. The summed E-state index contributed by atoms with van der Waals surface area (Å²) in [6.07, 6.45) is 4.40. The van der Waals surface area contributed by atoms with Crippen molar-refractivity contribution in [2.45, 2.75) is 43.9 Å². The van der Waals surface area contributed by atoms with Gasteiger partial charge in [0.05, 0.1) is 19.8 Å². The molecule has 5 heterocycles. The number of nitrogens with one attached hydrogen (secondary N) is 1. The average molecular weight is 746 g/mol. The molecule has 50 heavy (non-hydrogen) atoms. The number of carboxylic acids is 1. The van der Waals surface area contributed by atoms with Gasteiger partial charge in [0, 0.05) is 44.6 Å². The van der Waals surface area contributed by atoms with Gasteiger partial charge in [-0.1, -0.05) is 47.5 Å². The Balaban J connectivity index is 1.34. The first-order chi connectivity index (χ1) is 24.1. The number of ether oxygens (including phenoxy) is 3. The van der Waals surface area contributed by atoms with Crippen LogP contribution in [0, 0.1) is 11.7 Å². The maximum Gasteiger partial charge on any atom is 0.336 e. The summed E-state index contributed by atoms with van der Waals surface area (Å²) in [6.45, 7) is 2.67. The lowest BCUT2D eigenvalue weighted by atomic mass is 9.86. The van der Waals surface area contributed by atoms with Crippen molar-refractivity contribution >= 4 is 46.5 Å². The molecule has 0 spiro atoms. The summed E-state index contributed by atoms with van der Waals surface area (Å²) in [4.78, 5) is 29.8. The molecule has 0 saturated carbocycles. The lowest BCUT2D eigenvalue weighted by Crippen LogP contribution is -2.52. The van der Waals surface area contributed by atoms with E-state index < -0.39 is 29.7 Å². The fourth-order valence-electron chi connectivity index (χ4n) is 6.83. The van der Waals surface area contributed by atoms with Gasteiger partial charge in [0.25, 0.3) is 0 Å². The average Bonchev–Trinajstić information content (AvgIpc) is 3.53. The van der Waals surface area contributed by atoms with Crippen LogP contribution in [0.25, 0.3) is 0 Å². The molecule has 2 bridgehead atoms. The largest absolute Gasteiger partial charge is 0.493 e. The Hall–Kier alpha value is -3.94. The number of rotatable bonds is 13. The molecule has 2 aromatic heterocycles. The molecule has 10 nitrogen and oxygen atoms in total. The molecule has 3 N–H and O–H groups in total. The van der Waals surface area contributed by atoms with Gasteiger partial charge in [-0.3, -0.25) is 15.4 Å². The molecule has 264 valence electrons. The van der Waals surface area contributed by atoms with Crippen molar-refractivity contribution in [3.8, 4) is 11.5 Å². The minimum Gasteiger partial charge on any atom is -0.493 e. The summed E-state index contributed by atoms with van der Waals surface area (Å²) in [6, 6.07) is 11.8. The molecule has 0 amide bonds. The number of methoxy groups -OCH3 is 2. The minimum atomic E-state index is -1.15. The van der Waals surface area contributed by atoms with Crippen molar-refractivity contribution in [2.24, 2.45) is 5.92 Å². The highest BCUT2D eigenvalue weighted by atomic mass is 35.5. The molecule has 3 saturated heterocycles. The van der Waals surface area contributed by atoms with E-state index in [4.69, 9.17) is 37.4 Å². The van der Waals surface area contributed by atoms with Crippen LogP contribution in [0.15, 0.2) is 60.9 Å². The van der Waals surface area contributed by atoms with Crippen LogP contribution < -0.4 is 19.5 Å². The first kappa shape index (κ1) is 35.9. The van der Waals surface area contributed by atoms with Gasteiger partial charge in [-0.05, 0) is 68.1 Å². The number of nitrogens with zero attached hydrogens (tertiary/aromatic N) is 2. The molecular formula is C36H37Cl2FN3O7S+. The maximum atomic E-state index is 15.1. The zero-order valence-electron chi connectivity index (χ0n) is 27.4. The number of pyridine rings is 1. The van der Waals surface area contributed by atoms with Crippen LogP contribution in [-0.2, 0) is 22.5 Å². The molecule has 3 fully saturated rings. The molecule has 3 atom stereocenters. The number of hydrogen-bond acceptors (Lipinski definition) is 9. The van der Waals surface area contributed by atoms with Gasteiger partial charge in [-0.2, -0.15) is 0 Å². The van der Waals surface area contributed by atoms with Crippen LogP contribution in [0.1, 0.15) is 61.6 Å². The Morgan fingerprint density at radius 3 is 2.38 bits per heavy atom. The van der Waals surface area contributed by atoms with Gasteiger partial charge in [-0.15, -0.1) is 11.3 Å². The lowest BCUT2D eigenvalue weighted by molar-refractivity contribution is -0.904. The first-order valence-electron chi connectivity index (χ1n) is 16.1. The second-order valence-electron chi connectivity index (χ2n) is 12.4. The predicted molar refractivity (Wildman–Crippen MR) is 185 cm³/mol. The molecule has 2 aromatic carbocycles. The molecule has 4 aromatic rings. The number of fused-ring (bicyclic) bond motifs is 3. The third kappa shape index (κ3) is 7.69. The van der Waals surface area contributed by atoms with Crippen molar-refractivity contribution in [1.29, 1.82) is 0 Å². The van der Waals surface area contributed by atoms with E-state index in [1.807, 2.05) is 6.07 Å². The molecule has 1 unspecified atom stereocenters. The van der Waals surface area contributed by atoms with E-state index in [9.17, 15) is 19.9 Å². The molecule has 3 aliphatic rings. The summed E-state index contributed by atoms with van der Waals surface area (Å²) < 4.78 is 32.9. The summed E-state index contributed by atoms with van der Waals surface area (Å²) in [5.74, 6) is -1.67. The number of carbonyl (C=O) groups excluding carboxylic acids is 1. The van der Waals surface area contributed by atoms with Crippen LogP contribution in [0.4, 0.5) is 4.39 Å². The van der Waals surface area contributed by atoms with E-state index >= 15 is 4.39 Å². The number of benzene rings is 2. The van der Waals surface area contributed by atoms with Crippen molar-refractivity contribution in [1.82, 2.24) is 10.2 Å². The van der Waals surface area contributed by atoms with Crippen molar-refractivity contribution in [2.75, 3.05) is 33.9 Å². The van der Waals surface area contributed by atoms with Crippen molar-refractivity contribution < 1.29 is 43.2 Å². The maximum absolute atomic E-state index is 15.1. The van der Waals surface area contributed by atoms with E-state index in [0.29, 0.717) is 38.9 Å². The third-order valence-electron chi connectivity index (χ3n) is 9.44. The van der Waals surface area contributed by atoms with E-state index in [1.54, 1.807) is 36.4 Å². The number of aromatic carboxylic acids is 1. The van der Waals surface area contributed by atoms with Gasteiger partial charge in [0.15, 0.2) is 11.5 Å². The zero-order chi connectivity index (χ0) is 35.5. The summed E-state index contributed by atoms with van der Waals surface area (Å²) in [7, 11) is 3.03. The van der Waals surface area contributed by atoms with Crippen LogP contribution in [0.2, 0.25) is 10.0 Å². The lowest BCUT2D eigenvalue weighted by Gasteiger charge is -2.44. The Kier molecular flexibility index (Phi) is 11.1. The quantitative estimate of drug-likeness (QED) is 0.0826. The Morgan fingerprint density at radius 1 is 1.06 bits per heavy atom. The van der Waals surface area contributed by atoms with Crippen LogP contribution in [-0.4, -0.2) is 67.1 Å². The van der Waals surface area contributed by atoms with Crippen molar-refractivity contribution in [3.63, 3.8) is 0 Å². The first-order valence-corrected chi connectivity index (χ1v) is 17.7. The fraction of sp³-hybridized carbons (Fsp3) is 0.361. The highest BCUT2D eigenvalue weighted by Crippen LogP contribution is 2.42. The molecule has 0 aliphatic carbocycles. The van der Waals surface area contributed by atoms with E-state index in [0.717, 1.165) is 30.7 Å². The number of piperidine rings is 3. The van der Waals surface area contributed by atoms with Gasteiger partial charge in [0.2, 0.25) is 12.4 Å². The van der Waals surface area contributed by atoms with Crippen LogP contribution >= 0.6 is 34.5 Å². The monoisotopic (exact) mass is 744 g/mol. The van der Waals surface area contributed by atoms with Crippen LogP contribution in [0.3, 0.4) is 0 Å². The molecule has 14 heteroatoms. The molecule has 3 aliphatic heterocycles. The number of halogens is 3. The van der Waals surface area contributed by atoms with Crippen LogP contribution in [0.5, 0.6) is 11.5 Å². The third-order valence-corrected chi connectivity index (χ3v) is 11.3. The smallest absolute Gasteiger partial charge is 0.336 e. The van der Waals surface area contributed by atoms with E-state index in [-0.39, 0.29) is 46.2 Å². The number of aromatic nitrogens is 1. The summed E-state index contributed by atoms with van der Waals surface area (Å²) in [5.41, 5.74) is 1.39. The Bertz CT molecular complexity index is 1860. The van der Waals surface area contributed by atoms with Gasteiger partial charge < -0.3 is 19.3 Å². The van der Waals surface area contributed by atoms with Gasteiger partial charge >= 0.3 is 11.9 Å². The Morgan fingerprint density at radius 2 is 1.76 bits per heavy atom. The normalized spacial score (nSPS) is 19.5. The molecule has 7 rings (SSSR count). The highest BCUT2D eigenvalue weighted by Gasteiger charge is 2.38. The second-order valence-corrected chi connectivity index (χ2v) is 14.4. The number of thiophene rings is 1. The zero-order valence-corrected chi connectivity index (χ0v) is 29.7. The molecular weight excluding hydrogens is 708 g/mol.